The van der Waals surface area contributed by atoms with Crippen molar-refractivity contribution in [1.82, 2.24) is 9.78 Å². The maximum Gasteiger partial charge on any atom is 0.413 e. The van der Waals surface area contributed by atoms with Gasteiger partial charge in [-0.25, -0.2) is 4.79 Å². The zero-order chi connectivity index (χ0) is 27.9. The molecular weight excluding hydrogens is 526 g/mol. The fourth-order valence-electron chi connectivity index (χ4n) is 4.71. The standard InChI is InChI=1S/C27H26ClN5O6/c1-16(19-5-3-4-6-20(19)28)39-26(38)30-24-21(13-29-31(24)2)33-15-22(34)32(14-23(33)35)18-9-7-17(8-10-18)27(11-12-27)25(36)37/h3-10,13,16H,11-12,14-15H2,1-2H3,(H,30,38)(H,36,37). The van der Waals surface area contributed by atoms with Crippen molar-refractivity contribution in [3.05, 3.63) is 70.9 Å². The third kappa shape index (κ3) is 4.92. The molecule has 1 aliphatic heterocycles. The number of carboxylic acids is 1. The first-order chi connectivity index (χ1) is 18.6. The van der Waals surface area contributed by atoms with E-state index in [1.807, 2.05) is 0 Å². The highest BCUT2D eigenvalue weighted by molar-refractivity contribution is 6.31. The number of rotatable bonds is 7. The number of nitrogens with zero attached hydrogens (tertiary/aromatic N) is 4. The number of piperazine rings is 1. The van der Waals surface area contributed by atoms with E-state index in [0.717, 1.165) is 0 Å². The van der Waals surface area contributed by atoms with Crippen LogP contribution in [0.3, 0.4) is 0 Å². The minimum Gasteiger partial charge on any atom is -0.481 e. The molecule has 2 aliphatic rings. The Morgan fingerprint density at radius 3 is 2.33 bits per heavy atom. The van der Waals surface area contributed by atoms with E-state index < -0.39 is 23.6 Å². The number of aliphatic carboxylic acids is 1. The first-order valence-electron chi connectivity index (χ1n) is 12.3. The van der Waals surface area contributed by atoms with Gasteiger partial charge in [-0.2, -0.15) is 5.10 Å². The van der Waals surface area contributed by atoms with Gasteiger partial charge in [0, 0.05) is 23.3 Å². The van der Waals surface area contributed by atoms with Crippen molar-refractivity contribution in [3.63, 3.8) is 0 Å². The fraction of sp³-hybridized carbons (Fsp3) is 0.296. The lowest BCUT2D eigenvalue weighted by molar-refractivity contribution is -0.140. The molecule has 0 radical (unpaired) electrons. The molecule has 2 fully saturated rings. The van der Waals surface area contributed by atoms with E-state index in [-0.39, 0.29) is 36.4 Å². The third-order valence-corrected chi connectivity index (χ3v) is 7.48. The van der Waals surface area contributed by atoms with Crippen molar-refractivity contribution in [2.45, 2.75) is 31.3 Å². The molecule has 1 saturated carbocycles. The number of hydrogen-bond donors (Lipinski definition) is 2. The molecule has 12 heteroatoms. The van der Waals surface area contributed by atoms with E-state index in [2.05, 4.69) is 10.4 Å². The smallest absolute Gasteiger partial charge is 0.413 e. The lowest BCUT2D eigenvalue weighted by Gasteiger charge is -2.33. The Morgan fingerprint density at radius 1 is 1.05 bits per heavy atom. The molecule has 0 bridgehead atoms. The second kappa shape index (κ2) is 10.1. The Kier molecular flexibility index (Phi) is 6.77. The van der Waals surface area contributed by atoms with Gasteiger partial charge in [-0.1, -0.05) is 41.9 Å². The van der Waals surface area contributed by atoms with Crippen LogP contribution in [0.2, 0.25) is 5.02 Å². The minimum absolute atomic E-state index is 0.189. The number of carbonyl (C=O) groups is 4. The lowest BCUT2D eigenvalue weighted by Crippen LogP contribution is -2.54. The average molecular weight is 552 g/mol. The van der Waals surface area contributed by atoms with Crippen LogP contribution < -0.4 is 15.1 Å². The maximum atomic E-state index is 13.2. The molecule has 3 aromatic rings. The summed E-state index contributed by atoms with van der Waals surface area (Å²) in [6.45, 7) is 1.18. The van der Waals surface area contributed by atoms with Gasteiger partial charge in [-0.15, -0.1) is 0 Å². The zero-order valence-corrected chi connectivity index (χ0v) is 22.0. The van der Waals surface area contributed by atoms with Gasteiger partial charge in [0.25, 0.3) is 0 Å². The molecule has 202 valence electrons. The van der Waals surface area contributed by atoms with Gasteiger partial charge in [-0.3, -0.25) is 29.3 Å². The number of amides is 3. The normalized spacial score (nSPS) is 17.1. The molecule has 1 aliphatic carbocycles. The van der Waals surface area contributed by atoms with Crippen molar-refractivity contribution in [2.24, 2.45) is 7.05 Å². The quantitative estimate of drug-likeness (QED) is 0.455. The summed E-state index contributed by atoms with van der Waals surface area (Å²) in [5.74, 6) is -1.39. The molecule has 1 aromatic heterocycles. The SMILES string of the molecule is CC(OC(=O)Nc1c(N2CC(=O)N(c3ccc(C4(C(=O)O)CC4)cc3)CC2=O)cnn1C)c1ccccc1Cl. The van der Waals surface area contributed by atoms with Crippen molar-refractivity contribution >= 4 is 52.7 Å². The average Bonchev–Trinajstić information content (AvgIpc) is 3.65. The minimum atomic E-state index is -0.863. The summed E-state index contributed by atoms with van der Waals surface area (Å²) in [5.41, 5.74) is 1.22. The van der Waals surface area contributed by atoms with Crippen molar-refractivity contribution < 1.29 is 29.0 Å². The molecule has 1 saturated heterocycles. The molecule has 2 heterocycles. The predicted octanol–water partition coefficient (Wildman–Crippen LogP) is 3.88. The molecule has 1 unspecified atom stereocenters. The molecule has 1 atom stereocenters. The van der Waals surface area contributed by atoms with Gasteiger partial charge in [0.05, 0.1) is 11.6 Å². The van der Waals surface area contributed by atoms with Crippen LogP contribution in [0.4, 0.5) is 22.0 Å². The van der Waals surface area contributed by atoms with E-state index in [0.29, 0.717) is 34.7 Å². The molecule has 2 N–H and O–H groups in total. The summed E-state index contributed by atoms with van der Waals surface area (Å²) in [4.78, 5) is 53.1. The number of nitrogens with one attached hydrogen (secondary N) is 1. The van der Waals surface area contributed by atoms with E-state index in [9.17, 15) is 24.3 Å². The number of aryl methyl sites for hydroxylation is 1. The maximum absolute atomic E-state index is 13.2. The monoisotopic (exact) mass is 551 g/mol. The number of benzene rings is 2. The molecule has 39 heavy (non-hydrogen) atoms. The van der Waals surface area contributed by atoms with E-state index in [1.165, 1.54) is 20.7 Å². The topological polar surface area (TPSA) is 134 Å². The summed E-state index contributed by atoms with van der Waals surface area (Å²) in [5, 5.41) is 16.7. The van der Waals surface area contributed by atoms with Crippen molar-refractivity contribution in [2.75, 3.05) is 28.2 Å². The predicted molar refractivity (Wildman–Crippen MR) is 143 cm³/mol. The van der Waals surface area contributed by atoms with Gasteiger partial charge in [0.2, 0.25) is 11.8 Å². The molecular formula is C27H26ClN5O6. The fourth-order valence-corrected chi connectivity index (χ4v) is 5.00. The number of carboxylic acid groups (broad SMARTS) is 1. The van der Waals surface area contributed by atoms with Gasteiger partial charge in [-0.05, 0) is 43.5 Å². The molecule has 11 nitrogen and oxygen atoms in total. The van der Waals surface area contributed by atoms with Crippen LogP contribution in [0.25, 0.3) is 0 Å². The largest absolute Gasteiger partial charge is 0.481 e. The Bertz CT molecular complexity index is 1470. The van der Waals surface area contributed by atoms with Crippen LogP contribution >= 0.6 is 11.6 Å². The summed E-state index contributed by atoms with van der Waals surface area (Å²) in [7, 11) is 1.59. The Balaban J connectivity index is 1.28. The second-order valence-corrected chi connectivity index (χ2v) is 10.00. The van der Waals surface area contributed by atoms with Crippen molar-refractivity contribution in [1.29, 1.82) is 0 Å². The Hall–Kier alpha value is -4.38. The number of hydrogen-bond acceptors (Lipinski definition) is 6. The summed E-state index contributed by atoms with van der Waals surface area (Å²) >= 11 is 6.20. The van der Waals surface area contributed by atoms with Gasteiger partial charge >= 0.3 is 12.1 Å². The Labute approximate surface area is 228 Å². The second-order valence-electron chi connectivity index (χ2n) is 9.59. The number of aromatic nitrogens is 2. The lowest BCUT2D eigenvalue weighted by atomic mass is 9.96. The molecule has 0 spiro atoms. The summed E-state index contributed by atoms with van der Waals surface area (Å²) in [6, 6.07) is 13.7. The van der Waals surface area contributed by atoms with Crippen LogP contribution in [0, 0.1) is 0 Å². The van der Waals surface area contributed by atoms with Gasteiger partial charge in [0.1, 0.15) is 24.9 Å². The highest BCUT2D eigenvalue weighted by Crippen LogP contribution is 2.48. The zero-order valence-electron chi connectivity index (χ0n) is 21.3. The highest BCUT2D eigenvalue weighted by Gasteiger charge is 2.51. The summed E-state index contributed by atoms with van der Waals surface area (Å²) < 4.78 is 6.84. The molecule has 3 amide bonds. The summed E-state index contributed by atoms with van der Waals surface area (Å²) in [6.07, 6.45) is 1.12. The molecule has 2 aromatic carbocycles. The van der Waals surface area contributed by atoms with Crippen LogP contribution in [-0.2, 0) is 31.6 Å². The number of carbonyl (C=O) groups excluding carboxylic acids is 3. The van der Waals surface area contributed by atoms with Crippen molar-refractivity contribution in [3.8, 4) is 0 Å². The molecule has 5 rings (SSSR count). The van der Waals surface area contributed by atoms with E-state index in [4.69, 9.17) is 16.3 Å². The first kappa shape index (κ1) is 26.2. The number of halogens is 1. The van der Waals surface area contributed by atoms with Crippen LogP contribution in [0.15, 0.2) is 54.7 Å². The van der Waals surface area contributed by atoms with Gasteiger partial charge < -0.3 is 14.7 Å². The number of anilines is 3. The third-order valence-electron chi connectivity index (χ3n) is 7.14. The van der Waals surface area contributed by atoms with Gasteiger partial charge in [0.15, 0.2) is 5.82 Å². The van der Waals surface area contributed by atoms with Crippen LogP contribution in [0.5, 0.6) is 0 Å². The Morgan fingerprint density at radius 2 is 1.69 bits per heavy atom. The van der Waals surface area contributed by atoms with Crippen LogP contribution in [-0.4, -0.2) is 51.9 Å². The van der Waals surface area contributed by atoms with Crippen LogP contribution in [0.1, 0.15) is 37.0 Å². The first-order valence-corrected chi connectivity index (χ1v) is 12.7. The van der Waals surface area contributed by atoms with E-state index in [1.54, 1.807) is 62.5 Å². The van der Waals surface area contributed by atoms with E-state index >= 15 is 0 Å². The highest BCUT2D eigenvalue weighted by atomic mass is 35.5. The number of ether oxygens (including phenoxy) is 1.